The Morgan fingerprint density at radius 3 is 1.71 bits per heavy atom. The van der Waals surface area contributed by atoms with Gasteiger partial charge in [-0.05, 0) is 48.8 Å². The third kappa shape index (κ3) is 6.70. The molecule has 0 unspecified atom stereocenters. The lowest BCUT2D eigenvalue weighted by molar-refractivity contribution is -0.142. The van der Waals surface area contributed by atoms with E-state index in [1.807, 2.05) is 0 Å². The maximum Gasteiger partial charge on any atom is 0.338 e. The molecule has 0 amide bonds. The van der Waals surface area contributed by atoms with Crippen LogP contribution in [-0.4, -0.2) is 23.5 Å². The van der Waals surface area contributed by atoms with Crippen molar-refractivity contribution < 1.29 is 28.6 Å². The minimum atomic E-state index is -0.643. The molecule has 0 saturated heterocycles. The minimum Gasteiger partial charge on any atom is -0.461 e. The van der Waals surface area contributed by atoms with Gasteiger partial charge in [-0.25, -0.2) is 4.79 Å². The summed E-state index contributed by atoms with van der Waals surface area (Å²) in [7, 11) is 0. The molecule has 6 nitrogen and oxygen atoms in total. The van der Waals surface area contributed by atoms with E-state index in [-0.39, 0.29) is 18.8 Å². The molecule has 1 rings (SSSR count). The number of hydrogen-bond donors (Lipinski definition) is 0. The molecule has 0 atom stereocenters. The van der Waals surface area contributed by atoms with Crippen LogP contribution in [0.2, 0.25) is 0 Å². The fourth-order valence-corrected chi connectivity index (χ4v) is 2.23. The summed E-state index contributed by atoms with van der Waals surface area (Å²) in [6.07, 6.45) is 0. The average Bonchev–Trinajstić information content (AvgIpc) is 2.42. The monoisotopic (exact) mass is 400 g/mol. The molecule has 1 aromatic rings. The number of esters is 3. The van der Waals surface area contributed by atoms with Crippen molar-refractivity contribution in [2.75, 3.05) is 0 Å². The van der Waals surface area contributed by atoms with E-state index in [4.69, 9.17) is 14.2 Å². The fourth-order valence-electron chi connectivity index (χ4n) is 1.77. The molecule has 0 aliphatic rings. The number of carbonyl (C=O) groups excluding carboxylic acids is 3. The Morgan fingerprint density at radius 1 is 0.958 bits per heavy atom. The molecule has 132 valence electrons. The van der Waals surface area contributed by atoms with Gasteiger partial charge in [0.2, 0.25) is 0 Å². The van der Waals surface area contributed by atoms with Crippen LogP contribution in [0.1, 0.15) is 56.1 Å². The molecule has 0 N–H and O–H groups in total. The fraction of sp³-hybridized carbons (Fsp3) is 0.471. The van der Waals surface area contributed by atoms with Crippen LogP contribution in [0.25, 0.3) is 0 Å². The highest BCUT2D eigenvalue weighted by molar-refractivity contribution is 9.10. The van der Waals surface area contributed by atoms with Crippen molar-refractivity contribution in [3.05, 3.63) is 33.3 Å². The number of benzene rings is 1. The van der Waals surface area contributed by atoms with Gasteiger partial charge < -0.3 is 14.2 Å². The van der Waals surface area contributed by atoms with E-state index in [1.165, 1.54) is 13.8 Å². The number of halogens is 1. The molecule has 0 spiro atoms. The molecule has 0 aliphatic carbocycles. The Hall–Kier alpha value is -1.89. The van der Waals surface area contributed by atoms with Crippen LogP contribution in [0.4, 0.5) is 0 Å². The van der Waals surface area contributed by atoms with Crippen molar-refractivity contribution in [2.45, 2.75) is 53.4 Å². The van der Waals surface area contributed by atoms with Gasteiger partial charge in [0.25, 0.3) is 0 Å². The zero-order valence-corrected chi connectivity index (χ0v) is 16.0. The van der Waals surface area contributed by atoms with E-state index in [0.717, 1.165) is 0 Å². The van der Waals surface area contributed by atoms with Gasteiger partial charge in [0.1, 0.15) is 18.8 Å². The third-order valence-corrected chi connectivity index (χ3v) is 3.74. The summed E-state index contributed by atoms with van der Waals surface area (Å²) < 4.78 is 16.0. The van der Waals surface area contributed by atoms with Gasteiger partial charge in [-0.3, -0.25) is 9.59 Å². The largest absolute Gasteiger partial charge is 0.461 e. The molecule has 1 aromatic carbocycles. The molecule has 0 saturated carbocycles. The standard InChI is InChI=1S/C17H21BrO6/c1-10(19)22-8-13-6-12(16(21)24-17(3,4)5)7-14(15(13)18)9-23-11(2)20/h6-7H,8-9H2,1-5H3. The zero-order chi connectivity index (χ0) is 18.5. The molecule has 24 heavy (non-hydrogen) atoms. The lowest BCUT2D eigenvalue weighted by Gasteiger charge is -2.20. The lowest BCUT2D eigenvalue weighted by Crippen LogP contribution is -2.24. The normalized spacial score (nSPS) is 10.9. The van der Waals surface area contributed by atoms with E-state index in [9.17, 15) is 14.4 Å². The van der Waals surface area contributed by atoms with Crippen molar-refractivity contribution in [2.24, 2.45) is 0 Å². The number of carbonyl (C=O) groups is 3. The van der Waals surface area contributed by atoms with Crippen molar-refractivity contribution >= 4 is 33.8 Å². The maximum atomic E-state index is 12.3. The van der Waals surface area contributed by atoms with Crippen molar-refractivity contribution in [3.8, 4) is 0 Å². The van der Waals surface area contributed by atoms with Crippen LogP contribution < -0.4 is 0 Å². The first kappa shape index (κ1) is 20.2. The summed E-state index contributed by atoms with van der Waals surface area (Å²) in [4.78, 5) is 34.4. The molecule has 7 heteroatoms. The molecule has 0 aliphatic heterocycles. The number of hydrogen-bond acceptors (Lipinski definition) is 6. The predicted molar refractivity (Wildman–Crippen MR) is 90.3 cm³/mol. The van der Waals surface area contributed by atoms with Gasteiger partial charge in [0.05, 0.1) is 5.56 Å². The van der Waals surface area contributed by atoms with Gasteiger partial charge >= 0.3 is 17.9 Å². The summed E-state index contributed by atoms with van der Waals surface area (Å²) in [5.41, 5.74) is 0.805. The molecule has 0 radical (unpaired) electrons. The highest BCUT2D eigenvalue weighted by Gasteiger charge is 2.21. The zero-order valence-electron chi connectivity index (χ0n) is 14.4. The Bertz CT molecular complexity index is 606. The van der Waals surface area contributed by atoms with Gasteiger partial charge in [0, 0.05) is 29.4 Å². The van der Waals surface area contributed by atoms with E-state index in [2.05, 4.69) is 15.9 Å². The van der Waals surface area contributed by atoms with Crippen molar-refractivity contribution in [1.29, 1.82) is 0 Å². The van der Waals surface area contributed by atoms with Crippen LogP contribution in [0, 0.1) is 0 Å². The van der Waals surface area contributed by atoms with Crippen LogP contribution in [0.3, 0.4) is 0 Å². The summed E-state index contributed by atoms with van der Waals surface area (Å²) in [5.74, 6) is -1.39. The van der Waals surface area contributed by atoms with Crippen LogP contribution in [0.5, 0.6) is 0 Å². The number of ether oxygens (including phenoxy) is 3. The van der Waals surface area contributed by atoms with Crippen molar-refractivity contribution in [1.82, 2.24) is 0 Å². The first-order valence-corrected chi connectivity index (χ1v) is 8.10. The highest BCUT2D eigenvalue weighted by atomic mass is 79.9. The second-order valence-electron chi connectivity index (χ2n) is 6.17. The van der Waals surface area contributed by atoms with Gasteiger partial charge in [0.15, 0.2) is 0 Å². The van der Waals surface area contributed by atoms with E-state index >= 15 is 0 Å². The summed E-state index contributed by atoms with van der Waals surface area (Å²) in [6.45, 7) is 7.87. The lowest BCUT2D eigenvalue weighted by atomic mass is 10.1. The SMILES string of the molecule is CC(=O)OCc1cc(C(=O)OC(C)(C)C)cc(COC(C)=O)c1Br. The average molecular weight is 401 g/mol. The molecule has 0 heterocycles. The van der Waals surface area contributed by atoms with Crippen LogP contribution in [-0.2, 0) is 37.0 Å². The second kappa shape index (κ2) is 8.28. The smallest absolute Gasteiger partial charge is 0.338 e. The number of rotatable bonds is 5. The molecule has 0 bridgehead atoms. The summed E-state index contributed by atoms with van der Waals surface area (Å²) in [6, 6.07) is 3.16. The maximum absolute atomic E-state index is 12.3. The van der Waals surface area contributed by atoms with Crippen LogP contribution >= 0.6 is 15.9 Å². The second-order valence-corrected chi connectivity index (χ2v) is 6.96. The predicted octanol–water partition coefficient (Wildman–Crippen LogP) is 3.53. The Kier molecular flexibility index (Phi) is 6.95. The topological polar surface area (TPSA) is 78.9 Å². The van der Waals surface area contributed by atoms with E-state index < -0.39 is 23.5 Å². The molecular weight excluding hydrogens is 380 g/mol. The van der Waals surface area contributed by atoms with E-state index in [0.29, 0.717) is 15.6 Å². The molecular formula is C17H21BrO6. The first-order valence-electron chi connectivity index (χ1n) is 7.31. The summed E-state index contributed by atoms with van der Waals surface area (Å²) >= 11 is 3.39. The first-order chi connectivity index (χ1) is 11.0. The quantitative estimate of drug-likeness (QED) is 0.555. The Morgan fingerprint density at radius 2 is 1.38 bits per heavy atom. The van der Waals surface area contributed by atoms with Gasteiger partial charge in [-0.2, -0.15) is 0 Å². The highest BCUT2D eigenvalue weighted by Crippen LogP contribution is 2.27. The van der Waals surface area contributed by atoms with Crippen LogP contribution in [0.15, 0.2) is 16.6 Å². The Balaban J connectivity index is 3.19. The minimum absolute atomic E-state index is 0.0143. The molecule has 0 fully saturated rings. The van der Waals surface area contributed by atoms with Gasteiger partial charge in [-0.1, -0.05) is 0 Å². The van der Waals surface area contributed by atoms with Crippen molar-refractivity contribution in [3.63, 3.8) is 0 Å². The molecule has 0 aromatic heterocycles. The third-order valence-electron chi connectivity index (χ3n) is 2.72. The van der Waals surface area contributed by atoms with E-state index in [1.54, 1.807) is 32.9 Å². The van der Waals surface area contributed by atoms with Gasteiger partial charge in [-0.15, -0.1) is 0 Å². The Labute approximate surface area is 149 Å². The summed E-state index contributed by atoms with van der Waals surface area (Å²) in [5, 5.41) is 0.